The average molecular weight is 114 g/mol. The summed E-state index contributed by atoms with van der Waals surface area (Å²) >= 11 is 0. The SMILES string of the molecule is CCCN=NC(C)C. The molecule has 0 saturated carbocycles. The minimum atomic E-state index is 0.363. The van der Waals surface area contributed by atoms with E-state index in [1.807, 2.05) is 13.8 Å². The van der Waals surface area contributed by atoms with Crippen molar-refractivity contribution in [2.45, 2.75) is 33.2 Å². The van der Waals surface area contributed by atoms with Gasteiger partial charge in [-0.15, -0.1) is 0 Å². The second-order valence-electron chi connectivity index (χ2n) is 2.07. The van der Waals surface area contributed by atoms with E-state index in [4.69, 9.17) is 0 Å². The standard InChI is InChI=1S/C6H14N2/c1-4-5-7-8-6(2)3/h6H,4-5H2,1-3H3. The summed E-state index contributed by atoms with van der Waals surface area (Å²) in [5.41, 5.74) is 0. The zero-order valence-corrected chi connectivity index (χ0v) is 5.89. The number of hydrogen-bond acceptors (Lipinski definition) is 2. The van der Waals surface area contributed by atoms with Crippen molar-refractivity contribution in [3.63, 3.8) is 0 Å². The Kier molecular flexibility index (Phi) is 4.51. The largest absolute Gasteiger partial charge is 0.194 e. The summed E-state index contributed by atoms with van der Waals surface area (Å²) < 4.78 is 0. The number of hydrogen-bond donors (Lipinski definition) is 0. The normalized spacial score (nSPS) is 11.5. The molecule has 0 aliphatic heterocycles. The van der Waals surface area contributed by atoms with Crippen LogP contribution in [0.25, 0.3) is 0 Å². The van der Waals surface area contributed by atoms with Gasteiger partial charge in [0.15, 0.2) is 0 Å². The fraction of sp³-hybridized carbons (Fsp3) is 1.00. The van der Waals surface area contributed by atoms with Crippen molar-refractivity contribution in [3.8, 4) is 0 Å². The first kappa shape index (κ1) is 7.60. The van der Waals surface area contributed by atoms with Gasteiger partial charge in [-0.2, -0.15) is 10.2 Å². The highest BCUT2D eigenvalue weighted by atomic mass is 15.1. The van der Waals surface area contributed by atoms with Gasteiger partial charge in [-0.05, 0) is 20.3 Å². The Labute approximate surface area is 51.0 Å². The van der Waals surface area contributed by atoms with Gasteiger partial charge >= 0.3 is 0 Å². The molecule has 2 nitrogen and oxygen atoms in total. The molecule has 0 saturated heterocycles. The van der Waals surface area contributed by atoms with Crippen LogP contribution in [0.3, 0.4) is 0 Å². The van der Waals surface area contributed by atoms with Gasteiger partial charge in [-0.1, -0.05) is 6.92 Å². The molecule has 48 valence electrons. The van der Waals surface area contributed by atoms with E-state index in [-0.39, 0.29) is 0 Å². The van der Waals surface area contributed by atoms with Crippen molar-refractivity contribution >= 4 is 0 Å². The van der Waals surface area contributed by atoms with Crippen LogP contribution in [-0.4, -0.2) is 12.6 Å². The molecule has 0 rings (SSSR count). The summed E-state index contributed by atoms with van der Waals surface area (Å²) in [5.74, 6) is 0. The molecule has 0 aromatic rings. The molecule has 2 heteroatoms. The second kappa shape index (κ2) is 4.75. The third kappa shape index (κ3) is 5.60. The van der Waals surface area contributed by atoms with Crippen LogP contribution in [0.4, 0.5) is 0 Å². The van der Waals surface area contributed by atoms with Gasteiger partial charge in [-0.25, -0.2) is 0 Å². The van der Waals surface area contributed by atoms with Crippen molar-refractivity contribution in [2.24, 2.45) is 10.2 Å². The summed E-state index contributed by atoms with van der Waals surface area (Å²) in [7, 11) is 0. The number of nitrogens with zero attached hydrogens (tertiary/aromatic N) is 2. The molecule has 0 fully saturated rings. The van der Waals surface area contributed by atoms with Crippen LogP contribution in [-0.2, 0) is 0 Å². The van der Waals surface area contributed by atoms with E-state index in [2.05, 4.69) is 17.2 Å². The lowest BCUT2D eigenvalue weighted by Gasteiger charge is -1.90. The molecule has 0 N–H and O–H groups in total. The van der Waals surface area contributed by atoms with Crippen molar-refractivity contribution in [1.29, 1.82) is 0 Å². The fourth-order valence-corrected chi connectivity index (χ4v) is 0.321. The summed E-state index contributed by atoms with van der Waals surface area (Å²) in [6, 6.07) is 0.363. The third-order valence-electron chi connectivity index (χ3n) is 0.636. The Hall–Kier alpha value is -0.400. The Bertz CT molecular complexity index is 66.9. The lowest BCUT2D eigenvalue weighted by molar-refractivity contribution is 0.725. The quantitative estimate of drug-likeness (QED) is 0.503. The third-order valence-corrected chi connectivity index (χ3v) is 0.636. The van der Waals surface area contributed by atoms with E-state index >= 15 is 0 Å². The van der Waals surface area contributed by atoms with Crippen LogP contribution in [0.2, 0.25) is 0 Å². The van der Waals surface area contributed by atoms with Gasteiger partial charge < -0.3 is 0 Å². The Balaban J connectivity index is 3.07. The van der Waals surface area contributed by atoms with Crippen molar-refractivity contribution in [3.05, 3.63) is 0 Å². The van der Waals surface area contributed by atoms with E-state index in [0.717, 1.165) is 13.0 Å². The van der Waals surface area contributed by atoms with E-state index < -0.39 is 0 Å². The van der Waals surface area contributed by atoms with Crippen molar-refractivity contribution in [1.82, 2.24) is 0 Å². The topological polar surface area (TPSA) is 24.7 Å². The monoisotopic (exact) mass is 114 g/mol. The molecule has 0 amide bonds. The van der Waals surface area contributed by atoms with Crippen LogP contribution < -0.4 is 0 Å². The molecule has 8 heavy (non-hydrogen) atoms. The Morgan fingerprint density at radius 3 is 2.38 bits per heavy atom. The maximum atomic E-state index is 3.94. The summed E-state index contributed by atoms with van der Waals surface area (Å²) in [4.78, 5) is 0. The van der Waals surface area contributed by atoms with Gasteiger partial charge in [0.2, 0.25) is 0 Å². The molecule has 0 aliphatic carbocycles. The Morgan fingerprint density at radius 2 is 2.00 bits per heavy atom. The molecular weight excluding hydrogens is 100 g/mol. The Morgan fingerprint density at radius 1 is 1.38 bits per heavy atom. The highest BCUT2D eigenvalue weighted by molar-refractivity contribution is 4.44. The maximum absolute atomic E-state index is 3.94. The van der Waals surface area contributed by atoms with Gasteiger partial charge in [0.25, 0.3) is 0 Å². The van der Waals surface area contributed by atoms with Crippen molar-refractivity contribution < 1.29 is 0 Å². The highest BCUT2D eigenvalue weighted by Gasteiger charge is 1.82. The molecule has 0 aromatic carbocycles. The number of rotatable bonds is 3. The predicted octanol–water partition coefficient (Wildman–Crippen LogP) is 2.26. The summed E-state index contributed by atoms with van der Waals surface area (Å²) in [6.45, 7) is 7.02. The molecule has 0 atom stereocenters. The minimum absolute atomic E-state index is 0.363. The maximum Gasteiger partial charge on any atom is 0.0652 e. The molecule has 0 radical (unpaired) electrons. The van der Waals surface area contributed by atoms with Gasteiger partial charge in [0.1, 0.15) is 0 Å². The zero-order chi connectivity index (χ0) is 6.41. The van der Waals surface area contributed by atoms with E-state index in [0.29, 0.717) is 6.04 Å². The van der Waals surface area contributed by atoms with Gasteiger partial charge in [0.05, 0.1) is 12.6 Å². The van der Waals surface area contributed by atoms with Crippen LogP contribution in [0, 0.1) is 0 Å². The first-order chi connectivity index (χ1) is 3.77. The predicted molar refractivity (Wildman–Crippen MR) is 35.1 cm³/mol. The van der Waals surface area contributed by atoms with Gasteiger partial charge in [-0.3, -0.25) is 0 Å². The molecule has 0 aliphatic rings. The first-order valence-corrected chi connectivity index (χ1v) is 3.14. The first-order valence-electron chi connectivity index (χ1n) is 3.14. The van der Waals surface area contributed by atoms with Crippen LogP contribution >= 0.6 is 0 Å². The molecule has 0 bridgehead atoms. The van der Waals surface area contributed by atoms with Crippen LogP contribution in [0.15, 0.2) is 10.2 Å². The van der Waals surface area contributed by atoms with E-state index in [1.165, 1.54) is 0 Å². The molecule has 0 unspecified atom stereocenters. The highest BCUT2D eigenvalue weighted by Crippen LogP contribution is 1.87. The average Bonchev–Trinajstić information content (AvgIpc) is 1.66. The van der Waals surface area contributed by atoms with Gasteiger partial charge in [0, 0.05) is 0 Å². The number of azo groups is 1. The van der Waals surface area contributed by atoms with Crippen LogP contribution in [0.5, 0.6) is 0 Å². The second-order valence-corrected chi connectivity index (χ2v) is 2.07. The van der Waals surface area contributed by atoms with Crippen molar-refractivity contribution in [2.75, 3.05) is 6.54 Å². The lowest BCUT2D eigenvalue weighted by Crippen LogP contribution is -1.85. The van der Waals surface area contributed by atoms with E-state index in [1.54, 1.807) is 0 Å². The smallest absolute Gasteiger partial charge is 0.0652 e. The zero-order valence-electron chi connectivity index (χ0n) is 5.89. The van der Waals surface area contributed by atoms with E-state index in [9.17, 15) is 0 Å². The lowest BCUT2D eigenvalue weighted by atomic mass is 10.4. The molecular formula is C6H14N2. The molecule has 0 spiro atoms. The fourth-order valence-electron chi connectivity index (χ4n) is 0.321. The molecule has 0 heterocycles. The summed E-state index contributed by atoms with van der Waals surface area (Å²) in [5, 5.41) is 7.85. The summed E-state index contributed by atoms with van der Waals surface area (Å²) in [6.07, 6.45) is 1.09. The van der Waals surface area contributed by atoms with Crippen LogP contribution in [0.1, 0.15) is 27.2 Å². The minimum Gasteiger partial charge on any atom is -0.194 e. The molecule has 0 aromatic heterocycles.